The van der Waals surface area contributed by atoms with Crippen molar-refractivity contribution in [3.05, 3.63) is 83.5 Å². The summed E-state index contributed by atoms with van der Waals surface area (Å²) in [5, 5.41) is 10.5. The zero-order valence-electron chi connectivity index (χ0n) is 13.0. The smallest absolute Gasteiger partial charge is 0.201 e. The Balaban J connectivity index is 2.22. The van der Waals surface area contributed by atoms with E-state index < -0.39 is 5.78 Å². The number of benzene rings is 2. The fraction of sp³-hybridized carbons (Fsp3) is 0.100. The van der Waals surface area contributed by atoms with Gasteiger partial charge in [-0.25, -0.2) is 0 Å². The van der Waals surface area contributed by atoms with Gasteiger partial charge in [-0.3, -0.25) is 9.59 Å². The molecule has 1 aliphatic carbocycles. The van der Waals surface area contributed by atoms with Crippen LogP contribution in [0.3, 0.4) is 0 Å². The molecule has 3 rings (SSSR count). The number of rotatable bonds is 5. The Morgan fingerprint density at radius 2 is 1.71 bits per heavy atom. The number of ketones is 2. The molecular formula is C20H16O4. The number of aromatic hydroxyl groups is 1. The lowest BCUT2D eigenvalue weighted by Gasteiger charge is -2.21. The maximum atomic E-state index is 13.0. The minimum absolute atomic E-state index is 0.0292. The summed E-state index contributed by atoms with van der Waals surface area (Å²) in [6.45, 7) is 7.43. The molecule has 120 valence electrons. The van der Waals surface area contributed by atoms with E-state index >= 15 is 0 Å². The van der Waals surface area contributed by atoms with Crippen molar-refractivity contribution >= 4 is 11.6 Å². The quantitative estimate of drug-likeness (QED) is 0.731. The van der Waals surface area contributed by atoms with Crippen molar-refractivity contribution in [2.24, 2.45) is 0 Å². The summed E-state index contributed by atoms with van der Waals surface area (Å²) in [6.07, 6.45) is 3.59. The molecule has 4 nitrogen and oxygen atoms in total. The molecule has 2 aromatic carbocycles. The first-order valence-electron chi connectivity index (χ1n) is 7.52. The number of phenolic OH excluding ortho intramolecular Hbond substituents is 1. The lowest BCUT2D eigenvalue weighted by Crippen LogP contribution is -2.22. The molecule has 0 saturated heterocycles. The van der Waals surface area contributed by atoms with E-state index in [4.69, 9.17) is 4.74 Å². The van der Waals surface area contributed by atoms with Crippen LogP contribution >= 0.6 is 0 Å². The van der Waals surface area contributed by atoms with Gasteiger partial charge in [-0.1, -0.05) is 36.9 Å². The zero-order valence-corrected chi connectivity index (χ0v) is 13.0. The predicted molar refractivity (Wildman–Crippen MR) is 91.0 cm³/mol. The molecule has 0 heterocycles. The Morgan fingerprint density at radius 3 is 2.42 bits per heavy atom. The highest BCUT2D eigenvalue weighted by Crippen LogP contribution is 2.38. The summed E-state index contributed by atoms with van der Waals surface area (Å²) in [7, 11) is 0. The third-order valence-electron chi connectivity index (χ3n) is 3.95. The van der Waals surface area contributed by atoms with Gasteiger partial charge in [-0.15, -0.1) is 6.58 Å². The number of ether oxygens (including phenoxy) is 1. The molecule has 0 unspecified atom stereocenters. The number of hydrogen-bond acceptors (Lipinski definition) is 4. The fourth-order valence-corrected chi connectivity index (χ4v) is 2.87. The summed E-state index contributed by atoms with van der Waals surface area (Å²) in [4.78, 5) is 25.7. The van der Waals surface area contributed by atoms with Crippen LogP contribution in [-0.4, -0.2) is 23.3 Å². The van der Waals surface area contributed by atoms with Gasteiger partial charge in [-0.2, -0.15) is 0 Å². The van der Waals surface area contributed by atoms with Crippen molar-refractivity contribution in [3.8, 4) is 11.5 Å². The second-order valence-corrected chi connectivity index (χ2v) is 5.43. The van der Waals surface area contributed by atoms with Crippen molar-refractivity contribution in [1.29, 1.82) is 0 Å². The molecule has 0 bridgehead atoms. The third-order valence-corrected chi connectivity index (χ3v) is 3.95. The first-order chi connectivity index (χ1) is 11.6. The van der Waals surface area contributed by atoms with Crippen molar-refractivity contribution in [3.63, 3.8) is 0 Å². The highest BCUT2D eigenvalue weighted by molar-refractivity contribution is 6.30. The largest absolute Gasteiger partial charge is 0.507 e. The number of hydrogen-bond donors (Lipinski definition) is 1. The second-order valence-electron chi connectivity index (χ2n) is 5.43. The Labute approximate surface area is 139 Å². The fourth-order valence-electron chi connectivity index (χ4n) is 2.87. The predicted octanol–water partition coefficient (Wildman–Crippen LogP) is 3.46. The molecule has 0 fully saturated rings. The number of carbonyl (C=O) groups is 2. The van der Waals surface area contributed by atoms with Crippen molar-refractivity contribution in [2.75, 3.05) is 6.61 Å². The van der Waals surface area contributed by atoms with E-state index in [0.29, 0.717) is 17.7 Å². The summed E-state index contributed by atoms with van der Waals surface area (Å²) in [6, 6.07) is 8.11. The summed E-state index contributed by atoms with van der Waals surface area (Å²) in [5.74, 6) is -0.577. The van der Waals surface area contributed by atoms with E-state index in [1.807, 2.05) is 0 Å². The van der Waals surface area contributed by atoms with Crippen LogP contribution < -0.4 is 4.74 Å². The van der Waals surface area contributed by atoms with Gasteiger partial charge in [0.1, 0.15) is 18.1 Å². The van der Waals surface area contributed by atoms with Gasteiger partial charge in [0.25, 0.3) is 0 Å². The summed E-state index contributed by atoms with van der Waals surface area (Å²) in [5.41, 5.74) is 1.26. The SMILES string of the molecule is C=CCOc1cccc2c1C(=O)c1c(ccc(CC=C)c1O)C2=O. The minimum Gasteiger partial charge on any atom is -0.507 e. The van der Waals surface area contributed by atoms with Gasteiger partial charge in [0, 0.05) is 11.1 Å². The standard InChI is InChI=1S/C20H16O4/c1-3-6-12-9-10-14-17(18(12)21)20(23)16-13(19(14)22)7-5-8-15(16)24-11-4-2/h3-5,7-10,21H,1-2,6,11H2. The minimum atomic E-state index is -0.414. The summed E-state index contributed by atoms with van der Waals surface area (Å²) < 4.78 is 5.52. The number of allylic oxidation sites excluding steroid dienone is 1. The Kier molecular flexibility index (Phi) is 4.04. The van der Waals surface area contributed by atoms with Gasteiger partial charge in [0.2, 0.25) is 5.78 Å². The van der Waals surface area contributed by atoms with Crippen LogP contribution in [0, 0.1) is 0 Å². The highest BCUT2D eigenvalue weighted by atomic mass is 16.5. The first-order valence-corrected chi connectivity index (χ1v) is 7.52. The van der Waals surface area contributed by atoms with Crippen LogP contribution in [0.25, 0.3) is 0 Å². The van der Waals surface area contributed by atoms with Crippen LogP contribution in [0.15, 0.2) is 55.6 Å². The first kappa shape index (κ1) is 15.7. The Morgan fingerprint density at radius 1 is 0.958 bits per heavy atom. The molecular weight excluding hydrogens is 304 g/mol. The molecule has 2 aromatic rings. The molecule has 0 aliphatic heterocycles. The Hall–Kier alpha value is -3.14. The average Bonchev–Trinajstić information content (AvgIpc) is 2.59. The third kappa shape index (κ3) is 2.33. The van der Waals surface area contributed by atoms with Crippen LogP contribution in [0.5, 0.6) is 11.5 Å². The van der Waals surface area contributed by atoms with E-state index in [0.717, 1.165) is 0 Å². The zero-order chi connectivity index (χ0) is 17.3. The van der Waals surface area contributed by atoms with E-state index in [1.54, 1.807) is 42.5 Å². The maximum absolute atomic E-state index is 13.0. The van der Waals surface area contributed by atoms with Gasteiger partial charge in [0.15, 0.2) is 5.78 Å². The molecule has 0 radical (unpaired) electrons. The molecule has 1 N–H and O–H groups in total. The van der Waals surface area contributed by atoms with Crippen molar-refractivity contribution in [2.45, 2.75) is 6.42 Å². The van der Waals surface area contributed by atoms with Crippen LogP contribution in [0.2, 0.25) is 0 Å². The highest BCUT2D eigenvalue weighted by Gasteiger charge is 2.35. The molecule has 4 heteroatoms. The molecule has 0 saturated carbocycles. The lowest BCUT2D eigenvalue weighted by atomic mass is 9.82. The number of phenols is 1. The second kappa shape index (κ2) is 6.16. The van der Waals surface area contributed by atoms with Gasteiger partial charge >= 0.3 is 0 Å². The molecule has 0 atom stereocenters. The van der Waals surface area contributed by atoms with Crippen LogP contribution in [-0.2, 0) is 6.42 Å². The van der Waals surface area contributed by atoms with E-state index in [2.05, 4.69) is 13.2 Å². The van der Waals surface area contributed by atoms with Gasteiger partial charge < -0.3 is 9.84 Å². The van der Waals surface area contributed by atoms with Crippen LogP contribution in [0.4, 0.5) is 0 Å². The monoisotopic (exact) mass is 320 g/mol. The number of carbonyl (C=O) groups excluding carboxylic acids is 2. The number of fused-ring (bicyclic) bond motifs is 2. The normalized spacial score (nSPS) is 12.3. The molecule has 0 amide bonds. The molecule has 1 aliphatic rings. The molecule has 24 heavy (non-hydrogen) atoms. The van der Waals surface area contributed by atoms with Crippen molar-refractivity contribution in [1.82, 2.24) is 0 Å². The van der Waals surface area contributed by atoms with Gasteiger partial charge in [-0.05, 0) is 24.1 Å². The maximum Gasteiger partial charge on any atom is 0.201 e. The average molecular weight is 320 g/mol. The Bertz CT molecular complexity index is 877. The molecule has 0 aromatic heterocycles. The topological polar surface area (TPSA) is 63.6 Å². The van der Waals surface area contributed by atoms with Crippen molar-refractivity contribution < 1.29 is 19.4 Å². The van der Waals surface area contributed by atoms with Crippen LogP contribution in [0.1, 0.15) is 37.4 Å². The van der Waals surface area contributed by atoms with E-state index in [9.17, 15) is 14.7 Å². The lowest BCUT2D eigenvalue weighted by molar-refractivity contribution is 0.0973. The van der Waals surface area contributed by atoms with E-state index in [1.165, 1.54) is 0 Å². The molecule has 0 spiro atoms. The van der Waals surface area contributed by atoms with Gasteiger partial charge in [0.05, 0.1) is 11.1 Å². The summed E-state index contributed by atoms with van der Waals surface area (Å²) >= 11 is 0. The van der Waals surface area contributed by atoms with E-state index in [-0.39, 0.29) is 40.4 Å².